The Bertz CT molecular complexity index is 2500. The van der Waals surface area contributed by atoms with Gasteiger partial charge in [0.1, 0.15) is 23.1 Å². The highest BCUT2D eigenvalue weighted by atomic mass is 31.1. The lowest BCUT2D eigenvalue weighted by molar-refractivity contribution is -0.171. The minimum Gasteiger partial charge on any atom is -0.478 e. The van der Waals surface area contributed by atoms with Crippen molar-refractivity contribution in [1.82, 2.24) is 20.0 Å². The first-order valence-corrected chi connectivity index (χ1v) is 23.0. The van der Waals surface area contributed by atoms with Gasteiger partial charge in [0, 0.05) is 25.7 Å². The SMILES string of the molecule is O=C(O)c1ccccc1[C@H]1N2C(=O)CCC(=O)N2[C@H](c2ccccc2C(=O)O)P1c1ccccc1P1[C@@H](c2ccccc2C(=O)O)N2C(=O)CCC(=O)N2[C@@H]1c1ccccc1C(=O)O. The van der Waals surface area contributed by atoms with Crippen LogP contribution in [0.25, 0.3) is 0 Å². The second-order valence-corrected chi connectivity index (χ2v) is 19.9. The molecule has 0 aliphatic carbocycles. The van der Waals surface area contributed by atoms with E-state index in [1.165, 1.54) is 68.6 Å². The van der Waals surface area contributed by atoms with Crippen LogP contribution in [0.1, 0.15) is 113 Å². The average molecular weight is 899 g/mol. The van der Waals surface area contributed by atoms with Gasteiger partial charge < -0.3 is 20.4 Å². The standard InChI is InChI=1S/C46H36N4O12P2/c51-35-21-22-36(52)48-40(26-12-2-6-16-30(26)44(57)58)63(39(47(35)48)25-11-1-5-15-29(25)43(55)56)33-19-9-10-20-34(33)64-41(27-13-3-7-17-31(27)45(59)60)49-37(53)23-24-38(54)50(49)42(64)28-14-4-8-18-32(28)46(61)62/h1-20,39-42H,21-24H2,(H,55,56)(H,57,58)(H,59,60)(H,61,62)/t39-,40-,41-,42-/m0/s1. The van der Waals surface area contributed by atoms with E-state index in [9.17, 15) is 58.8 Å². The maximum absolute atomic E-state index is 14.4. The third kappa shape index (κ3) is 6.68. The quantitative estimate of drug-likeness (QED) is 0.114. The molecular formula is C46H36N4O12P2. The van der Waals surface area contributed by atoms with Gasteiger partial charge in [-0.2, -0.15) is 0 Å². The Morgan fingerprint density at radius 2 is 0.562 bits per heavy atom. The van der Waals surface area contributed by atoms with Crippen LogP contribution in [0.2, 0.25) is 0 Å². The van der Waals surface area contributed by atoms with Gasteiger partial charge in [0.25, 0.3) is 0 Å². The molecule has 5 aromatic rings. The summed E-state index contributed by atoms with van der Waals surface area (Å²) in [5.41, 5.74) is -0.0796. The minimum absolute atomic E-state index is 0.158. The molecule has 18 heteroatoms. The van der Waals surface area contributed by atoms with Crippen LogP contribution in [0.3, 0.4) is 0 Å². The van der Waals surface area contributed by atoms with Gasteiger partial charge in [-0.05, 0) is 73.0 Å². The number of benzene rings is 5. The third-order valence-electron chi connectivity index (χ3n) is 11.9. The summed E-state index contributed by atoms with van der Waals surface area (Å²) in [5, 5.41) is 48.4. The van der Waals surface area contributed by atoms with Crippen LogP contribution >= 0.6 is 15.8 Å². The summed E-state index contributed by atoms with van der Waals surface area (Å²) >= 11 is 0. The summed E-state index contributed by atoms with van der Waals surface area (Å²) in [6.07, 6.45) is -0.880. The lowest BCUT2D eigenvalue weighted by Crippen LogP contribution is -2.50. The summed E-state index contributed by atoms with van der Waals surface area (Å²) < 4.78 is 0. The first-order valence-electron chi connectivity index (χ1n) is 20.0. The predicted octanol–water partition coefficient (Wildman–Crippen LogP) is 6.25. The Balaban J connectivity index is 1.41. The number of rotatable bonds is 10. The van der Waals surface area contributed by atoms with E-state index in [0.29, 0.717) is 10.6 Å². The maximum Gasteiger partial charge on any atom is 0.336 e. The van der Waals surface area contributed by atoms with Gasteiger partial charge in [0.2, 0.25) is 23.6 Å². The number of hydrazine groups is 2. The Hall–Kier alpha value is -7.28. The van der Waals surface area contributed by atoms with Gasteiger partial charge in [-0.3, -0.25) is 19.2 Å². The van der Waals surface area contributed by atoms with Gasteiger partial charge in [0.05, 0.1) is 22.3 Å². The molecule has 16 nitrogen and oxygen atoms in total. The number of hydrogen-bond donors (Lipinski definition) is 4. The Morgan fingerprint density at radius 3 is 0.781 bits per heavy atom. The summed E-state index contributed by atoms with van der Waals surface area (Å²) in [5.74, 6) is -12.2. The molecule has 4 aliphatic heterocycles. The average Bonchev–Trinajstić information content (AvgIpc) is 3.85. The van der Waals surface area contributed by atoms with E-state index < -0.39 is 86.5 Å². The number of aromatic carboxylic acids is 4. The van der Waals surface area contributed by atoms with E-state index in [2.05, 4.69) is 0 Å². The molecule has 4 saturated heterocycles. The van der Waals surface area contributed by atoms with Crippen molar-refractivity contribution < 1.29 is 58.8 Å². The highest BCUT2D eigenvalue weighted by Crippen LogP contribution is 2.74. The maximum atomic E-state index is 14.4. The second kappa shape index (κ2) is 16.4. The Kier molecular flexibility index (Phi) is 10.8. The number of carbonyl (C=O) groups excluding carboxylic acids is 4. The van der Waals surface area contributed by atoms with E-state index in [0.717, 1.165) is 0 Å². The number of carbonyl (C=O) groups is 8. The summed E-state index contributed by atoms with van der Waals surface area (Å²) in [6.45, 7) is 0. The lowest BCUT2D eigenvalue weighted by Gasteiger charge is -2.37. The number of carboxylic acids is 4. The zero-order valence-corrected chi connectivity index (χ0v) is 35.2. The molecule has 4 aliphatic rings. The normalized spacial score (nSPS) is 21.2. The number of carboxylic acid groups (broad SMARTS) is 4. The molecule has 4 heterocycles. The van der Waals surface area contributed by atoms with Crippen molar-refractivity contribution in [2.24, 2.45) is 0 Å². The molecule has 5 aromatic carbocycles. The molecule has 322 valence electrons. The number of amides is 4. The van der Waals surface area contributed by atoms with Gasteiger partial charge in [0.15, 0.2) is 0 Å². The fourth-order valence-corrected chi connectivity index (χ4v) is 16.8. The summed E-state index contributed by atoms with van der Waals surface area (Å²) in [6, 6.07) is 31.0. The predicted molar refractivity (Wildman–Crippen MR) is 230 cm³/mol. The van der Waals surface area contributed by atoms with Crippen molar-refractivity contribution in [3.63, 3.8) is 0 Å². The molecule has 4 fully saturated rings. The van der Waals surface area contributed by atoms with E-state index in [4.69, 9.17) is 0 Å². The Labute approximate surface area is 366 Å². The van der Waals surface area contributed by atoms with Crippen LogP contribution in [-0.2, 0) is 19.2 Å². The third-order valence-corrected chi connectivity index (χ3v) is 18.1. The van der Waals surface area contributed by atoms with Crippen LogP contribution < -0.4 is 10.6 Å². The van der Waals surface area contributed by atoms with Gasteiger partial charge in [-0.15, -0.1) is 0 Å². The summed E-state index contributed by atoms with van der Waals surface area (Å²) in [7, 11) is -4.48. The van der Waals surface area contributed by atoms with Crippen molar-refractivity contribution in [3.8, 4) is 0 Å². The van der Waals surface area contributed by atoms with Gasteiger partial charge >= 0.3 is 23.9 Å². The van der Waals surface area contributed by atoms with E-state index in [1.807, 2.05) is 0 Å². The minimum atomic E-state index is -2.24. The van der Waals surface area contributed by atoms with Crippen molar-refractivity contribution >= 4 is 74.0 Å². The molecule has 64 heavy (non-hydrogen) atoms. The van der Waals surface area contributed by atoms with Gasteiger partial charge in [-0.25, -0.2) is 39.2 Å². The molecule has 4 amide bonds. The highest BCUT2D eigenvalue weighted by Gasteiger charge is 2.60. The molecule has 0 bridgehead atoms. The molecule has 0 radical (unpaired) electrons. The van der Waals surface area contributed by atoms with Crippen molar-refractivity contribution in [3.05, 3.63) is 166 Å². The van der Waals surface area contributed by atoms with Crippen LogP contribution in [0.15, 0.2) is 121 Å². The monoisotopic (exact) mass is 898 g/mol. The van der Waals surface area contributed by atoms with E-state index in [1.54, 1.807) is 72.8 Å². The molecule has 0 unspecified atom stereocenters. The van der Waals surface area contributed by atoms with Crippen LogP contribution in [0.5, 0.6) is 0 Å². The summed E-state index contributed by atoms with van der Waals surface area (Å²) in [4.78, 5) is 110. The Morgan fingerprint density at radius 1 is 0.359 bits per heavy atom. The molecule has 0 spiro atoms. The fraction of sp³-hybridized carbons (Fsp3) is 0.174. The topological polar surface area (TPSA) is 230 Å². The molecule has 0 aromatic heterocycles. The zero-order valence-electron chi connectivity index (χ0n) is 33.4. The second-order valence-electron chi connectivity index (χ2n) is 15.3. The first-order chi connectivity index (χ1) is 30.8. The number of nitrogens with zero attached hydrogens (tertiary/aromatic N) is 4. The largest absolute Gasteiger partial charge is 0.478 e. The lowest BCUT2D eigenvalue weighted by atomic mass is 10.1. The molecule has 9 rings (SSSR count). The number of hydrogen-bond acceptors (Lipinski definition) is 8. The van der Waals surface area contributed by atoms with Crippen molar-refractivity contribution in [1.29, 1.82) is 0 Å². The molecule has 0 saturated carbocycles. The fourth-order valence-electron chi connectivity index (χ4n) is 9.34. The first kappa shape index (κ1) is 42.0. The van der Waals surface area contributed by atoms with Crippen LogP contribution in [-0.4, -0.2) is 88.0 Å². The molecule has 4 atom stereocenters. The van der Waals surface area contributed by atoms with Crippen molar-refractivity contribution in [2.75, 3.05) is 0 Å². The smallest absolute Gasteiger partial charge is 0.336 e. The number of fused-ring (bicyclic) bond motifs is 2. The zero-order chi connectivity index (χ0) is 45.1. The van der Waals surface area contributed by atoms with Crippen LogP contribution in [0, 0.1) is 0 Å². The van der Waals surface area contributed by atoms with E-state index in [-0.39, 0.29) is 70.2 Å². The van der Waals surface area contributed by atoms with Gasteiger partial charge in [-0.1, -0.05) is 97.1 Å². The molecule has 4 N–H and O–H groups in total. The van der Waals surface area contributed by atoms with E-state index >= 15 is 0 Å². The highest BCUT2D eigenvalue weighted by molar-refractivity contribution is 7.73. The van der Waals surface area contributed by atoms with Crippen molar-refractivity contribution in [2.45, 2.75) is 48.8 Å². The molecular weight excluding hydrogens is 862 g/mol. The van der Waals surface area contributed by atoms with Crippen LogP contribution in [0.4, 0.5) is 0 Å².